The van der Waals surface area contributed by atoms with Crippen LogP contribution in [0.4, 0.5) is 10.5 Å². The number of carbonyl (C=O) groups excluding carboxylic acids is 2. The van der Waals surface area contributed by atoms with Crippen LogP contribution >= 0.6 is 11.3 Å². The lowest BCUT2D eigenvalue weighted by atomic mass is 10.2. The van der Waals surface area contributed by atoms with E-state index in [2.05, 4.69) is 39.5 Å². The van der Waals surface area contributed by atoms with E-state index in [0.717, 1.165) is 30.4 Å². The van der Waals surface area contributed by atoms with E-state index < -0.39 is 0 Å². The molecule has 0 saturated carbocycles. The molecule has 1 N–H and O–H groups in total. The number of hydrogen-bond acceptors (Lipinski definition) is 6. The second-order valence-electron chi connectivity index (χ2n) is 9.41. The van der Waals surface area contributed by atoms with Crippen LogP contribution in [-0.4, -0.2) is 77.5 Å². The molecule has 2 heterocycles. The Bertz CT molecular complexity index is 1220. The monoisotopic (exact) mass is 533 g/mol. The van der Waals surface area contributed by atoms with E-state index in [1.807, 2.05) is 36.9 Å². The zero-order valence-electron chi connectivity index (χ0n) is 22.2. The number of carbonyl (C=O) groups is 2. The van der Waals surface area contributed by atoms with Gasteiger partial charge in [-0.25, -0.2) is 9.78 Å². The third-order valence-corrected chi connectivity index (χ3v) is 7.27. The first-order chi connectivity index (χ1) is 18.4. The molecule has 0 atom stereocenters. The molecule has 8 nitrogen and oxygen atoms in total. The fourth-order valence-electron chi connectivity index (χ4n) is 4.18. The second kappa shape index (κ2) is 13.2. The molecule has 0 spiro atoms. The number of piperazine rings is 1. The Morgan fingerprint density at radius 1 is 1.08 bits per heavy atom. The van der Waals surface area contributed by atoms with Gasteiger partial charge >= 0.3 is 6.03 Å². The van der Waals surface area contributed by atoms with Crippen LogP contribution in [0.2, 0.25) is 0 Å². The maximum absolute atomic E-state index is 13.1. The summed E-state index contributed by atoms with van der Waals surface area (Å²) in [5, 5.41) is 5.46. The van der Waals surface area contributed by atoms with Crippen molar-refractivity contribution in [1.82, 2.24) is 19.7 Å². The van der Waals surface area contributed by atoms with Gasteiger partial charge in [-0.2, -0.15) is 0 Å². The Labute approximate surface area is 228 Å². The predicted octanol–water partition coefficient (Wildman–Crippen LogP) is 5.07. The van der Waals surface area contributed by atoms with Crippen molar-refractivity contribution in [3.8, 4) is 5.75 Å². The number of benzene rings is 2. The van der Waals surface area contributed by atoms with Crippen molar-refractivity contribution in [3.63, 3.8) is 0 Å². The smallest absolute Gasteiger partial charge is 0.322 e. The highest BCUT2D eigenvalue weighted by molar-refractivity contribution is 7.09. The van der Waals surface area contributed by atoms with Crippen LogP contribution in [0.1, 0.15) is 34.9 Å². The normalized spacial score (nSPS) is 14.2. The van der Waals surface area contributed by atoms with Gasteiger partial charge in [-0.1, -0.05) is 42.5 Å². The Kier molecular flexibility index (Phi) is 9.51. The van der Waals surface area contributed by atoms with E-state index in [0.29, 0.717) is 31.0 Å². The number of rotatable bonds is 9. The Morgan fingerprint density at radius 2 is 1.79 bits per heavy atom. The first-order valence-corrected chi connectivity index (χ1v) is 13.7. The highest BCUT2D eigenvalue weighted by Gasteiger charge is 2.25. The van der Waals surface area contributed by atoms with Crippen LogP contribution < -0.4 is 10.1 Å². The molecule has 0 aliphatic carbocycles. The van der Waals surface area contributed by atoms with Crippen LogP contribution in [0, 0.1) is 0 Å². The summed E-state index contributed by atoms with van der Waals surface area (Å²) in [5.41, 5.74) is 2.32. The number of anilines is 1. The average Bonchev–Trinajstić information content (AvgIpc) is 3.41. The lowest BCUT2D eigenvalue weighted by molar-refractivity contribution is 0.0645. The molecule has 200 valence electrons. The van der Waals surface area contributed by atoms with E-state index in [9.17, 15) is 9.59 Å². The molecule has 3 amide bonds. The van der Waals surface area contributed by atoms with E-state index >= 15 is 0 Å². The fraction of sp³-hybridized carbons (Fsp3) is 0.345. The van der Waals surface area contributed by atoms with Gasteiger partial charge in [0.2, 0.25) is 0 Å². The SMILES string of the molecule is COc1ccc(NC(=O)N(Cc2nc(C(=O)N3CCN(C/C=C/c4ccccc4)CC3)cs2)C(C)C)cc1. The molecule has 1 saturated heterocycles. The Hall–Kier alpha value is -3.69. The highest BCUT2D eigenvalue weighted by Crippen LogP contribution is 2.19. The van der Waals surface area contributed by atoms with Gasteiger partial charge in [0.15, 0.2) is 0 Å². The molecule has 38 heavy (non-hydrogen) atoms. The van der Waals surface area contributed by atoms with Crippen LogP contribution in [-0.2, 0) is 6.54 Å². The lowest BCUT2D eigenvalue weighted by Crippen LogP contribution is -2.48. The molecule has 9 heteroatoms. The number of nitrogens with zero attached hydrogens (tertiary/aromatic N) is 4. The molecule has 0 radical (unpaired) electrons. The molecule has 0 unspecified atom stereocenters. The number of methoxy groups -OCH3 is 1. The van der Waals surface area contributed by atoms with E-state index in [1.165, 1.54) is 16.9 Å². The van der Waals surface area contributed by atoms with Crippen molar-refractivity contribution in [2.75, 3.05) is 45.2 Å². The van der Waals surface area contributed by atoms with Crippen molar-refractivity contribution in [2.45, 2.75) is 26.4 Å². The minimum Gasteiger partial charge on any atom is -0.497 e. The van der Waals surface area contributed by atoms with Crippen molar-refractivity contribution < 1.29 is 14.3 Å². The first kappa shape index (κ1) is 27.3. The Morgan fingerprint density at radius 3 is 2.45 bits per heavy atom. The topological polar surface area (TPSA) is 78.0 Å². The molecule has 1 fully saturated rings. The van der Waals surface area contributed by atoms with Gasteiger partial charge in [0.1, 0.15) is 16.5 Å². The van der Waals surface area contributed by atoms with Crippen LogP contribution in [0.15, 0.2) is 66.1 Å². The van der Waals surface area contributed by atoms with Crippen molar-refractivity contribution in [1.29, 1.82) is 0 Å². The molecule has 1 aliphatic heterocycles. The molecule has 2 aromatic carbocycles. The fourth-order valence-corrected chi connectivity index (χ4v) is 4.95. The summed E-state index contributed by atoms with van der Waals surface area (Å²) >= 11 is 1.41. The summed E-state index contributed by atoms with van der Waals surface area (Å²) in [5.74, 6) is 0.677. The molecule has 1 aliphatic rings. The van der Waals surface area contributed by atoms with Crippen LogP contribution in [0.3, 0.4) is 0 Å². The van der Waals surface area contributed by atoms with Gasteiger partial charge in [0.25, 0.3) is 5.91 Å². The average molecular weight is 534 g/mol. The van der Waals surface area contributed by atoms with Crippen LogP contribution in [0.5, 0.6) is 5.75 Å². The van der Waals surface area contributed by atoms with Gasteiger partial charge in [-0.15, -0.1) is 11.3 Å². The number of hydrogen-bond donors (Lipinski definition) is 1. The first-order valence-electron chi connectivity index (χ1n) is 12.8. The minimum atomic E-state index is -0.217. The number of ether oxygens (including phenoxy) is 1. The third kappa shape index (κ3) is 7.43. The van der Waals surface area contributed by atoms with E-state index in [-0.39, 0.29) is 18.0 Å². The largest absolute Gasteiger partial charge is 0.497 e. The molecular weight excluding hydrogens is 498 g/mol. The zero-order valence-corrected chi connectivity index (χ0v) is 23.0. The van der Waals surface area contributed by atoms with Gasteiger partial charge in [0.05, 0.1) is 13.7 Å². The van der Waals surface area contributed by atoms with Crippen molar-refractivity contribution >= 4 is 35.0 Å². The molecule has 3 aromatic rings. The second-order valence-corrected chi connectivity index (χ2v) is 10.4. The van der Waals surface area contributed by atoms with E-state index in [4.69, 9.17) is 4.74 Å². The summed E-state index contributed by atoms with van der Waals surface area (Å²) in [6.45, 7) is 8.12. The molecule has 0 bridgehead atoms. The number of nitrogens with one attached hydrogen (secondary N) is 1. The quantitative estimate of drug-likeness (QED) is 0.416. The van der Waals surface area contributed by atoms with Crippen molar-refractivity contribution in [3.05, 3.63) is 82.3 Å². The molecular formula is C29H35N5O3S. The maximum Gasteiger partial charge on any atom is 0.322 e. The number of urea groups is 1. The third-order valence-electron chi connectivity index (χ3n) is 6.43. The summed E-state index contributed by atoms with van der Waals surface area (Å²) in [4.78, 5) is 36.6. The minimum absolute atomic E-state index is 0.0414. The van der Waals surface area contributed by atoms with Gasteiger partial charge in [-0.3, -0.25) is 9.69 Å². The number of amides is 3. The molecule has 4 rings (SSSR count). The Balaban J connectivity index is 1.28. The van der Waals surface area contributed by atoms with Crippen LogP contribution in [0.25, 0.3) is 6.08 Å². The summed E-state index contributed by atoms with van der Waals surface area (Å²) in [7, 11) is 1.60. The number of aromatic nitrogens is 1. The van der Waals surface area contributed by atoms with E-state index in [1.54, 1.807) is 41.7 Å². The predicted molar refractivity (Wildman–Crippen MR) is 153 cm³/mol. The van der Waals surface area contributed by atoms with Gasteiger partial charge in [-0.05, 0) is 43.7 Å². The van der Waals surface area contributed by atoms with Gasteiger partial charge in [0, 0.05) is 49.8 Å². The van der Waals surface area contributed by atoms with Gasteiger partial charge < -0.3 is 19.9 Å². The lowest BCUT2D eigenvalue weighted by Gasteiger charge is -2.33. The summed E-state index contributed by atoms with van der Waals surface area (Å²) < 4.78 is 5.17. The summed E-state index contributed by atoms with van der Waals surface area (Å²) in [6, 6.07) is 17.2. The summed E-state index contributed by atoms with van der Waals surface area (Å²) in [6.07, 6.45) is 4.30. The zero-order chi connectivity index (χ0) is 26.9. The standard InChI is InChI=1S/C29H35N5O3S/c1-22(2)34(29(36)30-24-11-13-25(37-3)14-12-24)20-27-31-26(21-38-27)28(35)33-18-16-32(17-19-33)15-7-10-23-8-5-4-6-9-23/h4-14,21-22H,15-20H2,1-3H3,(H,30,36)/b10-7+. The highest BCUT2D eigenvalue weighted by atomic mass is 32.1. The molecule has 1 aromatic heterocycles. The number of thiazole rings is 1. The maximum atomic E-state index is 13.1. The van der Waals surface area contributed by atoms with Crippen molar-refractivity contribution in [2.24, 2.45) is 0 Å².